The normalized spacial score (nSPS) is 28.0. The van der Waals surface area contributed by atoms with Crippen molar-refractivity contribution < 1.29 is 9.59 Å². The molecule has 1 saturated carbocycles. The highest BCUT2D eigenvalue weighted by Crippen LogP contribution is 2.32. The van der Waals surface area contributed by atoms with Gasteiger partial charge in [0.25, 0.3) is 0 Å². The second-order valence-corrected chi connectivity index (χ2v) is 7.77. The summed E-state index contributed by atoms with van der Waals surface area (Å²) < 4.78 is 0. The number of carbonyl (C=O) groups is 2. The van der Waals surface area contributed by atoms with E-state index in [1.54, 1.807) is 17.3 Å². The molecule has 25 heavy (non-hydrogen) atoms. The van der Waals surface area contributed by atoms with Gasteiger partial charge in [-0.1, -0.05) is 13.0 Å². The van der Waals surface area contributed by atoms with Gasteiger partial charge in [-0.05, 0) is 50.2 Å². The molecule has 1 saturated heterocycles. The molecule has 1 aromatic rings. The van der Waals surface area contributed by atoms with E-state index < -0.39 is 0 Å². The van der Waals surface area contributed by atoms with Crippen molar-refractivity contribution in [3.63, 3.8) is 0 Å². The Labute approximate surface area is 150 Å². The molecular formula is C20H29N3O2. The number of rotatable bonds is 4. The Bertz CT molecular complexity index is 611. The van der Waals surface area contributed by atoms with E-state index in [-0.39, 0.29) is 23.8 Å². The van der Waals surface area contributed by atoms with Crippen LogP contribution in [-0.4, -0.2) is 46.2 Å². The molecule has 2 heterocycles. The van der Waals surface area contributed by atoms with Crippen molar-refractivity contribution in [2.45, 2.75) is 58.0 Å². The molecule has 3 rings (SSSR count). The van der Waals surface area contributed by atoms with E-state index >= 15 is 0 Å². The van der Waals surface area contributed by atoms with E-state index in [9.17, 15) is 9.59 Å². The highest BCUT2D eigenvalue weighted by atomic mass is 16.2. The van der Waals surface area contributed by atoms with Gasteiger partial charge in [0.2, 0.25) is 11.8 Å². The molecule has 1 aliphatic carbocycles. The maximum atomic E-state index is 12.9. The van der Waals surface area contributed by atoms with Crippen LogP contribution in [0.5, 0.6) is 0 Å². The van der Waals surface area contributed by atoms with Crippen LogP contribution in [0.15, 0.2) is 24.5 Å². The molecule has 1 aliphatic heterocycles. The van der Waals surface area contributed by atoms with E-state index in [0.717, 1.165) is 24.3 Å². The second kappa shape index (κ2) is 7.54. The zero-order valence-electron chi connectivity index (χ0n) is 15.5. The molecule has 0 bridgehead atoms. The molecule has 5 heteroatoms. The molecule has 0 aromatic carbocycles. The van der Waals surface area contributed by atoms with Crippen molar-refractivity contribution in [3.8, 4) is 0 Å². The molecule has 0 radical (unpaired) electrons. The van der Waals surface area contributed by atoms with Gasteiger partial charge in [0.05, 0.1) is 12.0 Å². The summed E-state index contributed by atoms with van der Waals surface area (Å²) in [6, 6.07) is 4.16. The first kappa shape index (κ1) is 17.9. The SMILES string of the molecule is CC1CCC(N2CC(C(=O)N(C)C(C)c3cccnc3)CC2=O)CC1. The lowest BCUT2D eigenvalue weighted by Gasteiger charge is -2.34. The van der Waals surface area contributed by atoms with E-state index in [1.165, 1.54) is 12.8 Å². The average Bonchev–Trinajstić information content (AvgIpc) is 3.03. The summed E-state index contributed by atoms with van der Waals surface area (Å²) in [5.41, 5.74) is 1.01. The minimum absolute atomic E-state index is 0.0408. The van der Waals surface area contributed by atoms with Crippen molar-refractivity contribution in [1.82, 2.24) is 14.8 Å². The van der Waals surface area contributed by atoms with E-state index in [4.69, 9.17) is 0 Å². The third kappa shape index (κ3) is 3.86. The second-order valence-electron chi connectivity index (χ2n) is 7.77. The van der Waals surface area contributed by atoms with Gasteiger partial charge in [-0.3, -0.25) is 14.6 Å². The summed E-state index contributed by atoms with van der Waals surface area (Å²) >= 11 is 0. The van der Waals surface area contributed by atoms with Crippen LogP contribution < -0.4 is 0 Å². The fraction of sp³-hybridized carbons (Fsp3) is 0.650. The summed E-state index contributed by atoms with van der Waals surface area (Å²) in [6.45, 7) is 4.87. The molecule has 2 fully saturated rings. The van der Waals surface area contributed by atoms with Gasteiger partial charge in [0.1, 0.15) is 0 Å². The molecule has 2 atom stereocenters. The topological polar surface area (TPSA) is 53.5 Å². The third-order valence-electron chi connectivity index (χ3n) is 6.03. The summed E-state index contributed by atoms with van der Waals surface area (Å²) in [4.78, 5) is 33.3. The highest BCUT2D eigenvalue weighted by molar-refractivity contribution is 5.89. The Morgan fingerprint density at radius 3 is 2.68 bits per heavy atom. The van der Waals surface area contributed by atoms with Crippen molar-refractivity contribution in [2.24, 2.45) is 11.8 Å². The molecule has 136 valence electrons. The molecular weight excluding hydrogens is 314 g/mol. The molecule has 2 aliphatic rings. The zero-order valence-corrected chi connectivity index (χ0v) is 15.5. The van der Waals surface area contributed by atoms with E-state index in [0.29, 0.717) is 19.0 Å². The predicted octanol–water partition coefficient (Wildman–Crippen LogP) is 3.03. The minimum atomic E-state index is -0.212. The van der Waals surface area contributed by atoms with Crippen LogP contribution in [0.1, 0.15) is 57.6 Å². The van der Waals surface area contributed by atoms with Crippen molar-refractivity contribution in [1.29, 1.82) is 0 Å². The first-order chi connectivity index (χ1) is 12.0. The quantitative estimate of drug-likeness (QED) is 0.844. The van der Waals surface area contributed by atoms with Gasteiger partial charge in [-0.15, -0.1) is 0 Å². The first-order valence-electron chi connectivity index (χ1n) is 9.43. The Morgan fingerprint density at radius 2 is 2.04 bits per heavy atom. The van der Waals surface area contributed by atoms with Gasteiger partial charge >= 0.3 is 0 Å². The number of likely N-dealkylation sites (tertiary alicyclic amines) is 1. The standard InChI is InChI=1S/C20H29N3O2/c1-14-6-8-18(9-7-14)23-13-17(11-19(23)24)20(25)22(3)15(2)16-5-4-10-21-12-16/h4-5,10,12,14-15,17-18H,6-9,11,13H2,1-3H3. The fourth-order valence-corrected chi connectivity index (χ4v) is 4.13. The Hall–Kier alpha value is -1.91. The maximum absolute atomic E-state index is 12.9. The lowest BCUT2D eigenvalue weighted by atomic mass is 9.86. The number of aromatic nitrogens is 1. The van der Waals surface area contributed by atoms with Crippen LogP contribution in [-0.2, 0) is 9.59 Å². The van der Waals surface area contributed by atoms with Crippen LogP contribution in [0.25, 0.3) is 0 Å². The molecule has 0 spiro atoms. The van der Waals surface area contributed by atoms with Crippen molar-refractivity contribution in [2.75, 3.05) is 13.6 Å². The van der Waals surface area contributed by atoms with Gasteiger partial charge in [0.15, 0.2) is 0 Å². The van der Waals surface area contributed by atoms with Crippen LogP contribution in [0, 0.1) is 11.8 Å². The molecule has 2 unspecified atom stereocenters. The third-order valence-corrected chi connectivity index (χ3v) is 6.03. The van der Waals surface area contributed by atoms with Gasteiger partial charge in [0, 0.05) is 38.4 Å². The Balaban J connectivity index is 1.62. The Kier molecular flexibility index (Phi) is 5.40. The van der Waals surface area contributed by atoms with E-state index in [2.05, 4.69) is 11.9 Å². The highest BCUT2D eigenvalue weighted by Gasteiger charge is 2.40. The number of carbonyl (C=O) groups excluding carboxylic acids is 2. The largest absolute Gasteiger partial charge is 0.339 e. The summed E-state index contributed by atoms with van der Waals surface area (Å²) in [5, 5.41) is 0. The van der Waals surface area contributed by atoms with Crippen LogP contribution in [0.2, 0.25) is 0 Å². The zero-order chi connectivity index (χ0) is 18.0. The molecule has 0 N–H and O–H groups in total. The number of hydrogen-bond acceptors (Lipinski definition) is 3. The average molecular weight is 343 g/mol. The van der Waals surface area contributed by atoms with Gasteiger partial charge < -0.3 is 9.80 Å². The lowest BCUT2D eigenvalue weighted by Crippen LogP contribution is -2.40. The van der Waals surface area contributed by atoms with Gasteiger partial charge in [-0.2, -0.15) is 0 Å². The van der Waals surface area contributed by atoms with Crippen molar-refractivity contribution >= 4 is 11.8 Å². The summed E-state index contributed by atoms with van der Waals surface area (Å²) in [5.74, 6) is 0.769. The van der Waals surface area contributed by atoms with Crippen LogP contribution >= 0.6 is 0 Å². The lowest BCUT2D eigenvalue weighted by molar-refractivity contribution is -0.136. The Morgan fingerprint density at radius 1 is 1.32 bits per heavy atom. The smallest absolute Gasteiger partial charge is 0.228 e. The van der Waals surface area contributed by atoms with Crippen LogP contribution in [0.3, 0.4) is 0 Å². The number of amides is 2. The fourth-order valence-electron chi connectivity index (χ4n) is 4.13. The van der Waals surface area contributed by atoms with Crippen LogP contribution in [0.4, 0.5) is 0 Å². The number of hydrogen-bond donors (Lipinski definition) is 0. The molecule has 1 aromatic heterocycles. The van der Waals surface area contributed by atoms with Crippen molar-refractivity contribution in [3.05, 3.63) is 30.1 Å². The molecule has 5 nitrogen and oxygen atoms in total. The summed E-state index contributed by atoms with van der Waals surface area (Å²) in [6.07, 6.45) is 8.41. The predicted molar refractivity (Wildman–Crippen MR) is 96.7 cm³/mol. The summed E-state index contributed by atoms with van der Waals surface area (Å²) in [7, 11) is 1.83. The maximum Gasteiger partial charge on any atom is 0.228 e. The monoisotopic (exact) mass is 343 g/mol. The molecule has 2 amide bonds. The number of pyridine rings is 1. The minimum Gasteiger partial charge on any atom is -0.339 e. The van der Waals surface area contributed by atoms with Gasteiger partial charge in [-0.25, -0.2) is 0 Å². The first-order valence-corrected chi connectivity index (χ1v) is 9.43. The number of nitrogens with zero attached hydrogens (tertiary/aromatic N) is 3. The van der Waals surface area contributed by atoms with E-state index in [1.807, 2.05) is 31.0 Å².